The molecule has 4 heteroatoms. The monoisotopic (exact) mass is 238 g/mol. The lowest BCUT2D eigenvalue weighted by Crippen LogP contribution is -1.82. The van der Waals surface area contributed by atoms with Crippen molar-refractivity contribution in [3.63, 3.8) is 0 Å². The lowest BCUT2D eigenvalue weighted by atomic mass is 10.3. The van der Waals surface area contributed by atoms with Crippen molar-refractivity contribution in [3.05, 3.63) is 28.5 Å². The Bertz CT molecular complexity index is 368. The van der Waals surface area contributed by atoms with Gasteiger partial charge in [0.25, 0.3) is 0 Å². The first kappa shape index (κ1) is 9.75. The molecule has 13 heavy (non-hydrogen) atoms. The predicted octanol–water partition coefficient (Wildman–Crippen LogP) is 2.48. The Hall–Kier alpha value is -1.34. The van der Waals surface area contributed by atoms with E-state index in [1.807, 2.05) is 6.07 Å². The van der Waals surface area contributed by atoms with Crippen LogP contribution >= 0.6 is 15.9 Å². The maximum atomic E-state index is 9.32. The Morgan fingerprint density at radius 1 is 1.62 bits per heavy atom. The number of aromatic nitrogens is 1. The van der Waals surface area contributed by atoms with Gasteiger partial charge in [0, 0.05) is 0 Å². The molecule has 0 aliphatic rings. The topological polar surface area (TPSA) is 56.9 Å². The maximum Gasteiger partial charge on any atom is 0.141 e. The third kappa shape index (κ3) is 2.88. The van der Waals surface area contributed by atoms with Gasteiger partial charge in [-0.05, 0) is 34.1 Å². The minimum absolute atomic E-state index is 0.109. The van der Waals surface area contributed by atoms with Gasteiger partial charge in [0.15, 0.2) is 0 Å². The minimum Gasteiger partial charge on any atom is -0.506 e. The summed E-state index contributed by atoms with van der Waals surface area (Å²) in [7, 11) is 0. The second-order valence-electron chi connectivity index (χ2n) is 2.30. The van der Waals surface area contributed by atoms with Crippen LogP contribution in [0, 0.1) is 11.3 Å². The summed E-state index contributed by atoms with van der Waals surface area (Å²) in [6.07, 6.45) is 3.57. The van der Waals surface area contributed by atoms with E-state index in [0.29, 0.717) is 16.7 Å². The van der Waals surface area contributed by atoms with Gasteiger partial charge in [0.1, 0.15) is 16.0 Å². The smallest absolute Gasteiger partial charge is 0.141 e. The standard InChI is InChI=1S/C9H7BrN2O/c10-9-5-4-8(13)7(12-9)3-1-2-6-11/h1,3-5,13H,2H2. The molecule has 0 aromatic carbocycles. The normalized spacial score (nSPS) is 10.2. The molecule has 0 saturated carbocycles. The molecule has 3 nitrogen and oxygen atoms in total. The van der Waals surface area contributed by atoms with Crippen LogP contribution in [0.1, 0.15) is 12.1 Å². The number of nitrogens with zero attached hydrogens (tertiary/aromatic N) is 2. The van der Waals surface area contributed by atoms with E-state index in [9.17, 15) is 5.11 Å². The molecule has 1 aromatic heterocycles. The SMILES string of the molecule is N#CCC=Cc1nc(Br)ccc1O. The Morgan fingerprint density at radius 3 is 3.08 bits per heavy atom. The molecule has 1 aromatic rings. The Kier molecular flexibility index (Phi) is 3.47. The summed E-state index contributed by atoms with van der Waals surface area (Å²) in [5.74, 6) is 0.109. The predicted molar refractivity (Wildman–Crippen MR) is 52.9 cm³/mol. The average Bonchev–Trinajstić information content (AvgIpc) is 2.11. The number of nitriles is 1. The van der Waals surface area contributed by atoms with E-state index in [4.69, 9.17) is 5.26 Å². The van der Waals surface area contributed by atoms with E-state index in [1.165, 1.54) is 0 Å². The number of hydrogen-bond acceptors (Lipinski definition) is 3. The van der Waals surface area contributed by atoms with Crippen LogP contribution in [-0.4, -0.2) is 10.1 Å². The van der Waals surface area contributed by atoms with Gasteiger partial charge in [-0.25, -0.2) is 4.98 Å². The second kappa shape index (κ2) is 4.63. The second-order valence-corrected chi connectivity index (χ2v) is 3.12. The highest BCUT2D eigenvalue weighted by molar-refractivity contribution is 9.10. The van der Waals surface area contributed by atoms with Gasteiger partial charge in [-0.2, -0.15) is 5.26 Å². The highest BCUT2D eigenvalue weighted by Gasteiger charge is 1.98. The van der Waals surface area contributed by atoms with Crippen molar-refractivity contribution >= 4 is 22.0 Å². The lowest BCUT2D eigenvalue weighted by molar-refractivity contribution is 0.471. The lowest BCUT2D eigenvalue weighted by Gasteiger charge is -1.97. The zero-order chi connectivity index (χ0) is 9.68. The fourth-order valence-corrected chi connectivity index (χ4v) is 1.11. The van der Waals surface area contributed by atoms with Crippen LogP contribution < -0.4 is 0 Å². The first-order valence-corrected chi connectivity index (χ1v) is 4.42. The van der Waals surface area contributed by atoms with Crippen molar-refractivity contribution in [2.75, 3.05) is 0 Å². The van der Waals surface area contributed by atoms with E-state index in [-0.39, 0.29) is 5.75 Å². The molecule has 0 unspecified atom stereocenters. The first-order valence-electron chi connectivity index (χ1n) is 3.63. The molecule has 0 spiro atoms. The van der Waals surface area contributed by atoms with Crippen molar-refractivity contribution in [1.29, 1.82) is 5.26 Å². The van der Waals surface area contributed by atoms with Crippen molar-refractivity contribution in [2.24, 2.45) is 0 Å². The highest BCUT2D eigenvalue weighted by Crippen LogP contribution is 2.18. The van der Waals surface area contributed by atoms with Gasteiger partial charge in [-0.3, -0.25) is 0 Å². The fraction of sp³-hybridized carbons (Fsp3) is 0.111. The molecule has 0 atom stereocenters. The van der Waals surface area contributed by atoms with Crippen LogP contribution in [-0.2, 0) is 0 Å². The number of pyridine rings is 1. The van der Waals surface area contributed by atoms with Crippen LogP contribution in [0.3, 0.4) is 0 Å². The summed E-state index contributed by atoms with van der Waals surface area (Å²) in [6, 6.07) is 5.16. The Morgan fingerprint density at radius 2 is 2.38 bits per heavy atom. The summed E-state index contributed by atoms with van der Waals surface area (Å²) in [6.45, 7) is 0. The van der Waals surface area contributed by atoms with E-state index in [0.717, 1.165) is 0 Å². The zero-order valence-corrected chi connectivity index (χ0v) is 8.32. The van der Waals surface area contributed by atoms with Gasteiger partial charge < -0.3 is 5.11 Å². The minimum atomic E-state index is 0.109. The van der Waals surface area contributed by atoms with Gasteiger partial charge in [0.2, 0.25) is 0 Å². The van der Waals surface area contributed by atoms with Crippen molar-refractivity contribution in [3.8, 4) is 11.8 Å². The van der Waals surface area contributed by atoms with Gasteiger partial charge >= 0.3 is 0 Å². The van der Waals surface area contributed by atoms with E-state index in [2.05, 4.69) is 20.9 Å². The third-order valence-corrected chi connectivity index (χ3v) is 1.79. The van der Waals surface area contributed by atoms with Gasteiger partial charge in [-0.15, -0.1) is 0 Å². The highest BCUT2D eigenvalue weighted by atomic mass is 79.9. The molecule has 0 saturated heterocycles. The quantitative estimate of drug-likeness (QED) is 0.806. The van der Waals surface area contributed by atoms with Crippen LogP contribution in [0.4, 0.5) is 0 Å². The van der Waals surface area contributed by atoms with Gasteiger partial charge in [-0.1, -0.05) is 6.08 Å². The zero-order valence-electron chi connectivity index (χ0n) is 6.74. The molecule has 1 heterocycles. The molecule has 0 bridgehead atoms. The molecule has 0 fully saturated rings. The average molecular weight is 239 g/mol. The first-order chi connectivity index (χ1) is 6.24. The third-order valence-electron chi connectivity index (χ3n) is 1.35. The molecule has 0 radical (unpaired) electrons. The Balaban J connectivity index is 2.88. The molecular weight excluding hydrogens is 232 g/mol. The molecule has 1 N–H and O–H groups in total. The van der Waals surface area contributed by atoms with Crippen molar-refractivity contribution < 1.29 is 5.11 Å². The Labute approximate surface area is 84.5 Å². The number of allylic oxidation sites excluding steroid dienone is 1. The van der Waals surface area contributed by atoms with Crippen LogP contribution in [0.5, 0.6) is 5.75 Å². The number of aromatic hydroxyl groups is 1. The fourth-order valence-electron chi connectivity index (χ4n) is 0.789. The number of rotatable bonds is 2. The van der Waals surface area contributed by atoms with E-state index < -0.39 is 0 Å². The molecule has 0 amide bonds. The number of hydrogen-bond donors (Lipinski definition) is 1. The molecule has 1 rings (SSSR count). The summed E-state index contributed by atoms with van der Waals surface area (Å²) in [5.41, 5.74) is 0.463. The largest absolute Gasteiger partial charge is 0.506 e. The molecule has 66 valence electrons. The summed E-state index contributed by atoms with van der Waals surface area (Å²) in [5, 5.41) is 17.6. The van der Waals surface area contributed by atoms with Crippen LogP contribution in [0.15, 0.2) is 22.8 Å². The maximum absolute atomic E-state index is 9.32. The van der Waals surface area contributed by atoms with Crippen molar-refractivity contribution in [1.82, 2.24) is 4.98 Å². The molecular formula is C9H7BrN2O. The number of halogens is 1. The molecule has 0 aliphatic carbocycles. The summed E-state index contributed by atoms with van der Waals surface area (Å²) < 4.78 is 0.655. The van der Waals surface area contributed by atoms with E-state index >= 15 is 0 Å². The van der Waals surface area contributed by atoms with Gasteiger partial charge in [0.05, 0.1) is 12.5 Å². The summed E-state index contributed by atoms with van der Waals surface area (Å²) in [4.78, 5) is 4.01. The van der Waals surface area contributed by atoms with E-state index in [1.54, 1.807) is 24.3 Å². The van der Waals surface area contributed by atoms with Crippen LogP contribution in [0.2, 0.25) is 0 Å². The molecule has 0 aliphatic heterocycles. The van der Waals surface area contributed by atoms with Crippen LogP contribution in [0.25, 0.3) is 6.08 Å². The summed E-state index contributed by atoms with van der Waals surface area (Å²) >= 11 is 3.18. The van der Waals surface area contributed by atoms with Crippen molar-refractivity contribution in [2.45, 2.75) is 6.42 Å².